The number of carbonyl (C=O) groups is 3. The molecule has 1 fully saturated rings. The molecule has 1 aromatic heterocycles. The van der Waals surface area contributed by atoms with E-state index in [1.54, 1.807) is 47.6 Å². The molecule has 3 rings (SSSR count). The highest BCUT2D eigenvalue weighted by atomic mass is 16.5. The molecule has 2 heterocycles. The van der Waals surface area contributed by atoms with Gasteiger partial charge in [0, 0.05) is 43.0 Å². The molecule has 0 bridgehead atoms. The maximum Gasteiger partial charge on any atom is 0.305 e. The fourth-order valence-electron chi connectivity index (χ4n) is 3.42. The van der Waals surface area contributed by atoms with E-state index in [-0.39, 0.29) is 24.7 Å². The number of carbonyl (C=O) groups excluding carboxylic acids is 3. The van der Waals surface area contributed by atoms with Crippen LogP contribution in [0, 0.1) is 0 Å². The van der Waals surface area contributed by atoms with Crippen molar-refractivity contribution in [2.75, 3.05) is 20.2 Å². The quantitative estimate of drug-likeness (QED) is 0.702. The summed E-state index contributed by atoms with van der Waals surface area (Å²) in [6.45, 7) is 1.35. The number of rotatable bonds is 7. The number of aromatic nitrogens is 2. The smallest absolute Gasteiger partial charge is 0.305 e. The average Bonchev–Trinajstić information content (AvgIpc) is 2.82. The van der Waals surface area contributed by atoms with Gasteiger partial charge < -0.3 is 15.0 Å². The Balaban J connectivity index is 1.69. The minimum Gasteiger partial charge on any atom is -0.469 e. The molecule has 0 spiro atoms. The lowest BCUT2D eigenvalue weighted by atomic mass is 10.1. The second-order valence-electron chi connectivity index (χ2n) is 7.18. The first-order valence-corrected chi connectivity index (χ1v) is 10.1. The molecule has 158 valence electrons. The molecule has 0 aliphatic carbocycles. The summed E-state index contributed by atoms with van der Waals surface area (Å²) in [6, 6.07) is 7.83. The maximum absolute atomic E-state index is 12.9. The summed E-state index contributed by atoms with van der Waals surface area (Å²) in [5.41, 5.74) is 1.21. The minimum absolute atomic E-state index is 0.0608. The fourth-order valence-corrected chi connectivity index (χ4v) is 3.42. The van der Waals surface area contributed by atoms with Gasteiger partial charge in [-0.25, -0.2) is 9.97 Å². The maximum atomic E-state index is 12.9. The number of nitrogens with one attached hydrogen (secondary N) is 1. The van der Waals surface area contributed by atoms with E-state index in [1.165, 1.54) is 7.11 Å². The molecule has 1 N–H and O–H groups in total. The van der Waals surface area contributed by atoms with Gasteiger partial charge in [-0.05, 0) is 43.9 Å². The zero-order valence-corrected chi connectivity index (χ0v) is 17.0. The summed E-state index contributed by atoms with van der Waals surface area (Å²) in [5.74, 6) is -0.356. The molecule has 1 aliphatic rings. The molecule has 1 saturated heterocycles. The van der Waals surface area contributed by atoms with Crippen LogP contribution in [0.1, 0.15) is 42.5 Å². The highest BCUT2D eigenvalue weighted by molar-refractivity contribution is 5.98. The number of methoxy groups -OCH3 is 1. The lowest BCUT2D eigenvalue weighted by Gasteiger charge is -2.30. The molecule has 2 aromatic rings. The summed E-state index contributed by atoms with van der Waals surface area (Å²) in [5, 5.41) is 2.80. The third-order valence-corrected chi connectivity index (χ3v) is 5.11. The summed E-state index contributed by atoms with van der Waals surface area (Å²) in [7, 11) is 1.31. The molecule has 0 saturated carbocycles. The summed E-state index contributed by atoms with van der Waals surface area (Å²) in [4.78, 5) is 47.4. The van der Waals surface area contributed by atoms with Gasteiger partial charge in [0.25, 0.3) is 5.91 Å². The molecule has 8 nitrogen and oxygen atoms in total. The Hall–Kier alpha value is -3.29. The number of amides is 2. The van der Waals surface area contributed by atoms with E-state index >= 15 is 0 Å². The molecule has 1 aliphatic heterocycles. The largest absolute Gasteiger partial charge is 0.469 e. The Kier molecular flexibility index (Phi) is 7.48. The predicted octanol–water partition coefficient (Wildman–Crippen LogP) is 2.21. The Morgan fingerprint density at radius 2 is 1.73 bits per heavy atom. The number of hydrogen-bond acceptors (Lipinski definition) is 6. The number of ether oxygens (including phenoxy) is 1. The van der Waals surface area contributed by atoms with Gasteiger partial charge in [-0.15, -0.1) is 0 Å². The first-order chi connectivity index (χ1) is 14.6. The first kappa shape index (κ1) is 21.4. The Morgan fingerprint density at radius 1 is 1.07 bits per heavy atom. The highest BCUT2D eigenvalue weighted by Gasteiger charge is 2.28. The number of esters is 1. The highest BCUT2D eigenvalue weighted by Crippen LogP contribution is 2.16. The van der Waals surface area contributed by atoms with Crippen molar-refractivity contribution in [3.05, 3.63) is 48.3 Å². The van der Waals surface area contributed by atoms with E-state index in [9.17, 15) is 14.4 Å². The molecular weight excluding hydrogens is 384 g/mol. The SMILES string of the molecule is COC(=O)CC[C@H](NC(=O)c1ccc(-c2ncccn2)cc1)C(=O)N1CCCCC1. The van der Waals surface area contributed by atoms with Crippen LogP contribution in [0.4, 0.5) is 0 Å². The second-order valence-corrected chi connectivity index (χ2v) is 7.18. The van der Waals surface area contributed by atoms with Gasteiger partial charge in [0.05, 0.1) is 7.11 Å². The van der Waals surface area contributed by atoms with Crippen molar-refractivity contribution < 1.29 is 19.1 Å². The van der Waals surface area contributed by atoms with Gasteiger partial charge >= 0.3 is 5.97 Å². The average molecular weight is 410 g/mol. The number of likely N-dealkylation sites (tertiary alicyclic amines) is 1. The van der Waals surface area contributed by atoms with E-state index < -0.39 is 12.0 Å². The topological polar surface area (TPSA) is 101 Å². The van der Waals surface area contributed by atoms with Crippen molar-refractivity contribution in [1.82, 2.24) is 20.2 Å². The standard InChI is InChI=1S/C22H26N4O4/c1-30-19(27)11-10-18(22(29)26-14-3-2-4-15-26)25-21(28)17-8-6-16(7-9-17)20-23-12-5-13-24-20/h5-9,12-13,18H,2-4,10-11,14-15H2,1H3,(H,25,28)/t18-/m0/s1. The van der Waals surface area contributed by atoms with Gasteiger partial charge in [0.2, 0.25) is 5.91 Å². The van der Waals surface area contributed by atoms with Crippen LogP contribution >= 0.6 is 0 Å². The van der Waals surface area contributed by atoms with E-state index in [0.717, 1.165) is 24.8 Å². The number of hydrogen-bond donors (Lipinski definition) is 1. The fraction of sp³-hybridized carbons (Fsp3) is 0.409. The number of nitrogens with zero attached hydrogens (tertiary/aromatic N) is 3. The van der Waals surface area contributed by atoms with Crippen LogP contribution in [0.15, 0.2) is 42.7 Å². The van der Waals surface area contributed by atoms with Gasteiger partial charge in [-0.3, -0.25) is 14.4 Å². The summed E-state index contributed by atoms with van der Waals surface area (Å²) >= 11 is 0. The Bertz CT molecular complexity index is 864. The molecule has 1 aromatic carbocycles. The third-order valence-electron chi connectivity index (χ3n) is 5.11. The van der Waals surface area contributed by atoms with Crippen molar-refractivity contribution in [2.24, 2.45) is 0 Å². The van der Waals surface area contributed by atoms with Gasteiger partial charge in [0.1, 0.15) is 6.04 Å². The van der Waals surface area contributed by atoms with Crippen LogP contribution in [-0.4, -0.2) is 58.9 Å². The van der Waals surface area contributed by atoms with Gasteiger partial charge in [0.15, 0.2) is 5.82 Å². The van der Waals surface area contributed by atoms with Crippen molar-refractivity contribution in [2.45, 2.75) is 38.1 Å². The Morgan fingerprint density at radius 3 is 2.37 bits per heavy atom. The normalized spacial score (nSPS) is 14.6. The lowest BCUT2D eigenvalue weighted by Crippen LogP contribution is -2.50. The molecule has 0 radical (unpaired) electrons. The van der Waals surface area contributed by atoms with Crippen molar-refractivity contribution in [3.63, 3.8) is 0 Å². The first-order valence-electron chi connectivity index (χ1n) is 10.1. The Labute approximate surface area is 175 Å². The van der Waals surface area contributed by atoms with Crippen LogP contribution in [-0.2, 0) is 14.3 Å². The molecule has 2 amide bonds. The molecule has 1 atom stereocenters. The predicted molar refractivity (Wildman–Crippen MR) is 110 cm³/mol. The van der Waals surface area contributed by atoms with E-state index in [2.05, 4.69) is 20.0 Å². The third kappa shape index (κ3) is 5.62. The minimum atomic E-state index is -0.771. The van der Waals surface area contributed by atoms with Gasteiger partial charge in [-0.1, -0.05) is 12.1 Å². The molecule has 0 unspecified atom stereocenters. The number of piperidine rings is 1. The number of benzene rings is 1. The second kappa shape index (κ2) is 10.5. The van der Waals surface area contributed by atoms with Crippen molar-refractivity contribution in [3.8, 4) is 11.4 Å². The molecule has 8 heteroatoms. The van der Waals surface area contributed by atoms with Crippen molar-refractivity contribution in [1.29, 1.82) is 0 Å². The zero-order chi connectivity index (χ0) is 21.3. The van der Waals surface area contributed by atoms with E-state index in [1.807, 2.05) is 0 Å². The van der Waals surface area contributed by atoms with Crippen LogP contribution in [0.2, 0.25) is 0 Å². The van der Waals surface area contributed by atoms with E-state index in [0.29, 0.717) is 24.5 Å². The zero-order valence-electron chi connectivity index (χ0n) is 17.0. The summed E-state index contributed by atoms with van der Waals surface area (Å²) in [6.07, 6.45) is 6.57. The molecule has 30 heavy (non-hydrogen) atoms. The van der Waals surface area contributed by atoms with Gasteiger partial charge in [-0.2, -0.15) is 0 Å². The van der Waals surface area contributed by atoms with Crippen LogP contribution in [0.3, 0.4) is 0 Å². The van der Waals surface area contributed by atoms with E-state index in [4.69, 9.17) is 0 Å². The van der Waals surface area contributed by atoms with Crippen LogP contribution in [0.5, 0.6) is 0 Å². The summed E-state index contributed by atoms with van der Waals surface area (Å²) < 4.78 is 4.68. The monoisotopic (exact) mass is 410 g/mol. The van der Waals surface area contributed by atoms with Crippen molar-refractivity contribution >= 4 is 17.8 Å². The van der Waals surface area contributed by atoms with Crippen LogP contribution in [0.25, 0.3) is 11.4 Å². The molecular formula is C22H26N4O4. The lowest BCUT2D eigenvalue weighted by molar-refractivity contribution is -0.141. The van der Waals surface area contributed by atoms with Crippen LogP contribution < -0.4 is 5.32 Å².